The second kappa shape index (κ2) is 5.06. The molecule has 2 aromatic carbocycles. The Morgan fingerprint density at radius 1 is 1.00 bits per heavy atom. The standard InChI is InChI=1S/C16H14N2O/c19-12-14-11-16(13-7-3-1-4-8-13)18(17-14)15-9-5-2-6-10-15/h1-10,12,16H,11H2. The van der Waals surface area contributed by atoms with Gasteiger partial charge in [0.1, 0.15) is 5.71 Å². The maximum Gasteiger partial charge on any atom is 0.166 e. The van der Waals surface area contributed by atoms with E-state index < -0.39 is 0 Å². The van der Waals surface area contributed by atoms with Crippen molar-refractivity contribution >= 4 is 17.7 Å². The molecule has 0 aromatic heterocycles. The maximum absolute atomic E-state index is 11.0. The summed E-state index contributed by atoms with van der Waals surface area (Å²) in [5, 5.41) is 6.35. The lowest BCUT2D eigenvalue weighted by Gasteiger charge is -2.23. The van der Waals surface area contributed by atoms with Gasteiger partial charge in [-0.05, 0) is 17.7 Å². The highest BCUT2D eigenvalue weighted by molar-refractivity contribution is 6.29. The minimum absolute atomic E-state index is 0.101. The van der Waals surface area contributed by atoms with E-state index in [1.807, 2.05) is 53.5 Å². The molecule has 0 spiro atoms. The Hall–Kier alpha value is -2.42. The Labute approximate surface area is 112 Å². The van der Waals surface area contributed by atoms with Crippen molar-refractivity contribution in [2.75, 3.05) is 5.01 Å². The Morgan fingerprint density at radius 2 is 1.63 bits per heavy atom. The normalized spacial score (nSPS) is 18.2. The van der Waals surface area contributed by atoms with E-state index in [0.29, 0.717) is 12.1 Å². The van der Waals surface area contributed by atoms with Gasteiger partial charge in [0, 0.05) is 6.42 Å². The first-order valence-corrected chi connectivity index (χ1v) is 6.30. The van der Waals surface area contributed by atoms with Crippen molar-refractivity contribution in [2.45, 2.75) is 12.5 Å². The Balaban J connectivity index is 1.99. The molecule has 1 unspecified atom stereocenters. The van der Waals surface area contributed by atoms with Crippen LogP contribution in [-0.4, -0.2) is 12.0 Å². The fourth-order valence-electron chi connectivity index (χ4n) is 2.36. The summed E-state index contributed by atoms with van der Waals surface area (Å²) in [5.74, 6) is 0. The number of aldehydes is 1. The van der Waals surface area contributed by atoms with Crippen LogP contribution >= 0.6 is 0 Å². The van der Waals surface area contributed by atoms with E-state index in [0.717, 1.165) is 12.0 Å². The number of carbonyl (C=O) groups is 1. The molecule has 0 aliphatic carbocycles. The molecule has 3 heteroatoms. The summed E-state index contributed by atoms with van der Waals surface area (Å²) < 4.78 is 0. The SMILES string of the molecule is O=CC1=NN(c2ccccc2)C(c2ccccc2)C1. The Kier molecular flexibility index (Phi) is 3.11. The average molecular weight is 250 g/mol. The van der Waals surface area contributed by atoms with Crippen LogP contribution in [-0.2, 0) is 4.79 Å². The number of hydrazone groups is 1. The summed E-state index contributed by atoms with van der Waals surface area (Å²) >= 11 is 0. The highest BCUT2D eigenvalue weighted by Crippen LogP contribution is 2.34. The molecule has 2 aromatic rings. The molecule has 0 radical (unpaired) electrons. The van der Waals surface area contributed by atoms with Crippen molar-refractivity contribution in [3.8, 4) is 0 Å². The molecule has 94 valence electrons. The third kappa shape index (κ3) is 2.27. The van der Waals surface area contributed by atoms with Gasteiger partial charge < -0.3 is 0 Å². The lowest BCUT2D eigenvalue weighted by Crippen LogP contribution is -2.18. The fraction of sp³-hybridized carbons (Fsp3) is 0.125. The number of anilines is 1. The molecular weight excluding hydrogens is 236 g/mol. The lowest BCUT2D eigenvalue weighted by atomic mass is 10.0. The smallest absolute Gasteiger partial charge is 0.166 e. The number of rotatable bonds is 3. The van der Waals surface area contributed by atoms with E-state index in [4.69, 9.17) is 0 Å². The van der Waals surface area contributed by atoms with Crippen molar-refractivity contribution in [1.82, 2.24) is 0 Å². The van der Waals surface area contributed by atoms with Crippen LogP contribution in [0.5, 0.6) is 0 Å². The molecule has 19 heavy (non-hydrogen) atoms. The molecule has 1 atom stereocenters. The molecule has 0 saturated heterocycles. The molecule has 0 bridgehead atoms. The van der Waals surface area contributed by atoms with E-state index >= 15 is 0 Å². The summed E-state index contributed by atoms with van der Waals surface area (Å²) in [6, 6.07) is 20.2. The van der Waals surface area contributed by atoms with E-state index in [1.165, 1.54) is 5.56 Å². The summed E-state index contributed by atoms with van der Waals surface area (Å²) in [7, 11) is 0. The van der Waals surface area contributed by atoms with Gasteiger partial charge in [-0.25, -0.2) is 0 Å². The number of hydrogen-bond acceptors (Lipinski definition) is 3. The number of benzene rings is 2. The summed E-state index contributed by atoms with van der Waals surface area (Å²) in [6.07, 6.45) is 1.50. The summed E-state index contributed by atoms with van der Waals surface area (Å²) in [6.45, 7) is 0. The van der Waals surface area contributed by atoms with Gasteiger partial charge in [0.2, 0.25) is 0 Å². The highest BCUT2D eigenvalue weighted by atomic mass is 16.1. The predicted octanol–water partition coefficient (Wildman–Crippen LogP) is 3.19. The van der Waals surface area contributed by atoms with Gasteiger partial charge in [-0.15, -0.1) is 0 Å². The van der Waals surface area contributed by atoms with Crippen molar-refractivity contribution in [1.29, 1.82) is 0 Å². The van der Waals surface area contributed by atoms with Gasteiger partial charge in [-0.3, -0.25) is 9.80 Å². The van der Waals surface area contributed by atoms with Crippen LogP contribution in [0.1, 0.15) is 18.0 Å². The van der Waals surface area contributed by atoms with Crippen molar-refractivity contribution in [2.24, 2.45) is 5.10 Å². The molecule has 0 fully saturated rings. The van der Waals surface area contributed by atoms with Crippen LogP contribution in [0.4, 0.5) is 5.69 Å². The molecule has 3 nitrogen and oxygen atoms in total. The summed E-state index contributed by atoms with van der Waals surface area (Å²) in [5.41, 5.74) is 2.78. The quantitative estimate of drug-likeness (QED) is 0.784. The van der Waals surface area contributed by atoms with Gasteiger partial charge in [0.25, 0.3) is 0 Å². The number of nitrogens with zero attached hydrogens (tertiary/aromatic N) is 2. The monoisotopic (exact) mass is 250 g/mol. The Bertz CT molecular complexity index is 593. The van der Waals surface area contributed by atoms with Crippen molar-refractivity contribution in [3.05, 3.63) is 66.2 Å². The molecule has 1 aliphatic rings. The second-order valence-corrected chi connectivity index (χ2v) is 4.52. The van der Waals surface area contributed by atoms with Gasteiger partial charge in [-0.1, -0.05) is 48.5 Å². The van der Waals surface area contributed by atoms with E-state index in [-0.39, 0.29) is 6.04 Å². The fourth-order valence-corrected chi connectivity index (χ4v) is 2.36. The van der Waals surface area contributed by atoms with E-state index in [2.05, 4.69) is 17.2 Å². The van der Waals surface area contributed by atoms with E-state index in [9.17, 15) is 4.79 Å². The highest BCUT2D eigenvalue weighted by Gasteiger charge is 2.28. The first-order chi connectivity index (χ1) is 9.38. The molecule has 0 N–H and O–H groups in total. The van der Waals surface area contributed by atoms with Crippen LogP contribution in [0.15, 0.2) is 65.8 Å². The van der Waals surface area contributed by atoms with Gasteiger partial charge >= 0.3 is 0 Å². The van der Waals surface area contributed by atoms with Crippen LogP contribution < -0.4 is 5.01 Å². The third-order valence-electron chi connectivity index (χ3n) is 3.28. The molecule has 3 rings (SSSR count). The zero-order valence-electron chi connectivity index (χ0n) is 10.4. The second-order valence-electron chi connectivity index (χ2n) is 4.52. The molecule has 0 saturated carbocycles. The molecule has 1 aliphatic heterocycles. The first kappa shape index (κ1) is 11.7. The zero-order chi connectivity index (χ0) is 13.1. The van der Waals surface area contributed by atoms with Crippen LogP contribution in [0.3, 0.4) is 0 Å². The third-order valence-corrected chi connectivity index (χ3v) is 3.28. The molecule has 1 heterocycles. The molecule has 0 amide bonds. The minimum atomic E-state index is 0.101. The average Bonchev–Trinajstić information content (AvgIpc) is 2.93. The predicted molar refractivity (Wildman–Crippen MR) is 76.2 cm³/mol. The number of para-hydroxylation sites is 1. The minimum Gasteiger partial charge on any atom is -0.296 e. The van der Waals surface area contributed by atoms with E-state index in [1.54, 1.807) is 0 Å². The van der Waals surface area contributed by atoms with Crippen LogP contribution in [0.25, 0.3) is 0 Å². The summed E-state index contributed by atoms with van der Waals surface area (Å²) in [4.78, 5) is 11.0. The zero-order valence-corrected chi connectivity index (χ0v) is 10.4. The number of carbonyl (C=O) groups excluding carboxylic acids is 1. The van der Waals surface area contributed by atoms with Crippen molar-refractivity contribution in [3.63, 3.8) is 0 Å². The largest absolute Gasteiger partial charge is 0.296 e. The van der Waals surface area contributed by atoms with Crippen LogP contribution in [0, 0.1) is 0 Å². The maximum atomic E-state index is 11.0. The number of hydrogen-bond donors (Lipinski definition) is 0. The molecular formula is C16H14N2O. The Morgan fingerprint density at radius 3 is 2.26 bits per heavy atom. The van der Waals surface area contributed by atoms with Gasteiger partial charge in [-0.2, -0.15) is 5.10 Å². The van der Waals surface area contributed by atoms with Crippen molar-refractivity contribution < 1.29 is 4.79 Å². The van der Waals surface area contributed by atoms with Gasteiger partial charge in [0.05, 0.1) is 11.7 Å². The van der Waals surface area contributed by atoms with Gasteiger partial charge in [0.15, 0.2) is 6.29 Å². The first-order valence-electron chi connectivity index (χ1n) is 6.30. The topological polar surface area (TPSA) is 32.7 Å². The lowest BCUT2D eigenvalue weighted by molar-refractivity contribution is -0.102. The van der Waals surface area contributed by atoms with Crippen LogP contribution in [0.2, 0.25) is 0 Å².